The first-order valence-electron chi connectivity index (χ1n) is 5.95. The molecule has 0 spiro atoms. The summed E-state index contributed by atoms with van der Waals surface area (Å²) in [5.41, 5.74) is 5.27. The van der Waals surface area contributed by atoms with Crippen LogP contribution in [0.5, 0.6) is 0 Å². The van der Waals surface area contributed by atoms with Crippen LogP contribution in [-0.2, 0) is 9.53 Å². The number of anilines is 1. The molecule has 2 rings (SSSR count). The first kappa shape index (κ1) is 13.8. The number of ether oxygens (including phenoxy) is 1. The molecule has 0 unspecified atom stereocenters. The first-order valence-corrected chi connectivity index (χ1v) is 6.76. The quantitative estimate of drug-likeness (QED) is 0.751. The zero-order valence-electron chi connectivity index (χ0n) is 10.9. The van der Waals surface area contributed by atoms with Gasteiger partial charge < -0.3 is 9.64 Å². The zero-order chi connectivity index (χ0) is 13.8. The molecular formula is C11H16N4O3S. The van der Waals surface area contributed by atoms with Gasteiger partial charge in [-0.2, -0.15) is 0 Å². The summed E-state index contributed by atoms with van der Waals surface area (Å²) in [6.07, 6.45) is 0. The predicted molar refractivity (Wildman–Crippen MR) is 71.2 cm³/mol. The third-order valence-electron chi connectivity index (χ3n) is 2.63. The van der Waals surface area contributed by atoms with E-state index < -0.39 is 0 Å². The summed E-state index contributed by atoms with van der Waals surface area (Å²) in [7, 11) is 0. The molecule has 0 aliphatic carbocycles. The SMILES string of the molecule is CC(=O)NNC(=O)c1sc(N2CCOCC2)nc1C. The molecule has 2 amide bonds. The van der Waals surface area contributed by atoms with Crippen molar-refractivity contribution in [1.29, 1.82) is 0 Å². The van der Waals surface area contributed by atoms with Crippen molar-refractivity contribution in [2.24, 2.45) is 0 Å². The summed E-state index contributed by atoms with van der Waals surface area (Å²) in [4.78, 5) is 29.6. The molecule has 1 aliphatic heterocycles. The van der Waals surface area contributed by atoms with Gasteiger partial charge in [-0.25, -0.2) is 4.98 Å². The number of hydrogen-bond donors (Lipinski definition) is 2. The molecule has 1 aromatic heterocycles. The number of morpholine rings is 1. The molecule has 1 aromatic rings. The van der Waals surface area contributed by atoms with Crippen molar-refractivity contribution in [1.82, 2.24) is 15.8 Å². The number of carbonyl (C=O) groups is 2. The third kappa shape index (κ3) is 3.42. The molecular weight excluding hydrogens is 268 g/mol. The van der Waals surface area contributed by atoms with E-state index in [1.54, 1.807) is 6.92 Å². The molecule has 0 aromatic carbocycles. The molecule has 0 radical (unpaired) electrons. The van der Waals surface area contributed by atoms with E-state index >= 15 is 0 Å². The van der Waals surface area contributed by atoms with Gasteiger partial charge in [-0.1, -0.05) is 11.3 Å². The Morgan fingerprint density at radius 1 is 1.32 bits per heavy atom. The maximum Gasteiger partial charge on any atom is 0.281 e. The van der Waals surface area contributed by atoms with Crippen LogP contribution in [-0.4, -0.2) is 43.1 Å². The number of hydrogen-bond acceptors (Lipinski definition) is 6. The second-order valence-electron chi connectivity index (χ2n) is 4.15. The van der Waals surface area contributed by atoms with Gasteiger partial charge in [0.05, 0.1) is 18.9 Å². The van der Waals surface area contributed by atoms with Crippen LogP contribution in [0.2, 0.25) is 0 Å². The lowest BCUT2D eigenvalue weighted by Gasteiger charge is -2.25. The minimum absolute atomic E-state index is 0.316. The minimum atomic E-state index is -0.343. The Morgan fingerprint density at radius 3 is 2.63 bits per heavy atom. The van der Waals surface area contributed by atoms with Gasteiger partial charge in [-0.05, 0) is 6.92 Å². The van der Waals surface area contributed by atoms with Gasteiger partial charge in [0, 0.05) is 20.0 Å². The molecule has 1 saturated heterocycles. The Morgan fingerprint density at radius 2 is 2.00 bits per heavy atom. The number of hydrazine groups is 1. The Balaban J connectivity index is 2.07. The van der Waals surface area contributed by atoms with E-state index in [4.69, 9.17) is 4.74 Å². The minimum Gasteiger partial charge on any atom is -0.378 e. The molecule has 1 aliphatic rings. The number of aryl methyl sites for hydroxylation is 1. The lowest BCUT2D eigenvalue weighted by molar-refractivity contribution is -0.119. The van der Waals surface area contributed by atoms with Gasteiger partial charge in [0.25, 0.3) is 5.91 Å². The number of nitrogens with one attached hydrogen (secondary N) is 2. The topological polar surface area (TPSA) is 83.6 Å². The van der Waals surface area contributed by atoms with E-state index in [0.717, 1.165) is 18.2 Å². The summed E-state index contributed by atoms with van der Waals surface area (Å²) in [6.45, 7) is 6.01. The monoisotopic (exact) mass is 284 g/mol. The van der Waals surface area contributed by atoms with Crippen LogP contribution < -0.4 is 15.8 Å². The van der Waals surface area contributed by atoms with Crippen LogP contribution in [0.4, 0.5) is 5.13 Å². The largest absolute Gasteiger partial charge is 0.378 e. The van der Waals surface area contributed by atoms with Crippen LogP contribution in [0, 0.1) is 6.92 Å². The fourth-order valence-electron chi connectivity index (χ4n) is 1.68. The molecule has 7 nitrogen and oxygen atoms in total. The Hall–Kier alpha value is -1.67. The number of thiazole rings is 1. The Bertz CT molecular complexity index is 482. The second-order valence-corrected chi connectivity index (χ2v) is 5.12. The smallest absolute Gasteiger partial charge is 0.281 e. The molecule has 2 N–H and O–H groups in total. The number of carbonyl (C=O) groups excluding carboxylic acids is 2. The summed E-state index contributed by atoms with van der Waals surface area (Å²) >= 11 is 1.32. The van der Waals surface area contributed by atoms with Gasteiger partial charge in [0.2, 0.25) is 5.91 Å². The number of aromatic nitrogens is 1. The summed E-state index contributed by atoms with van der Waals surface area (Å²) in [5.74, 6) is -0.659. The zero-order valence-corrected chi connectivity index (χ0v) is 11.7. The van der Waals surface area contributed by atoms with Gasteiger partial charge >= 0.3 is 0 Å². The highest BCUT2D eigenvalue weighted by molar-refractivity contribution is 7.17. The lowest BCUT2D eigenvalue weighted by atomic mass is 10.4. The second kappa shape index (κ2) is 5.98. The summed E-state index contributed by atoms with van der Waals surface area (Å²) < 4.78 is 5.28. The average Bonchev–Trinajstić information content (AvgIpc) is 2.79. The fourth-order valence-corrected chi connectivity index (χ4v) is 2.70. The maximum absolute atomic E-state index is 11.9. The molecule has 0 bridgehead atoms. The molecule has 0 saturated carbocycles. The van der Waals surface area contributed by atoms with Crippen molar-refractivity contribution in [3.63, 3.8) is 0 Å². The van der Waals surface area contributed by atoms with Crippen LogP contribution in [0.25, 0.3) is 0 Å². The average molecular weight is 284 g/mol. The van der Waals surface area contributed by atoms with Gasteiger partial charge in [0.1, 0.15) is 4.88 Å². The summed E-state index contributed by atoms with van der Waals surface area (Å²) in [6, 6.07) is 0. The van der Waals surface area contributed by atoms with Crippen molar-refractivity contribution < 1.29 is 14.3 Å². The molecule has 19 heavy (non-hydrogen) atoms. The van der Waals surface area contributed by atoms with Crippen molar-refractivity contribution in [3.05, 3.63) is 10.6 Å². The van der Waals surface area contributed by atoms with Crippen molar-refractivity contribution in [2.75, 3.05) is 31.2 Å². The lowest BCUT2D eigenvalue weighted by Crippen LogP contribution is -2.40. The van der Waals surface area contributed by atoms with E-state index in [1.807, 2.05) is 0 Å². The van der Waals surface area contributed by atoms with Gasteiger partial charge in [0.15, 0.2) is 5.13 Å². The van der Waals surface area contributed by atoms with E-state index in [2.05, 4.69) is 20.7 Å². The molecule has 0 atom stereocenters. The molecule has 2 heterocycles. The highest BCUT2D eigenvalue weighted by Gasteiger charge is 2.20. The third-order valence-corrected chi connectivity index (χ3v) is 3.84. The van der Waals surface area contributed by atoms with E-state index in [-0.39, 0.29) is 11.8 Å². The van der Waals surface area contributed by atoms with Gasteiger partial charge in [-0.3, -0.25) is 20.4 Å². The Kier molecular flexibility index (Phi) is 4.33. The first-order chi connectivity index (χ1) is 9.08. The Labute approximate surface area is 114 Å². The van der Waals surface area contributed by atoms with Gasteiger partial charge in [-0.15, -0.1) is 0 Å². The van der Waals surface area contributed by atoms with Crippen molar-refractivity contribution >= 4 is 28.3 Å². The molecule has 1 fully saturated rings. The van der Waals surface area contributed by atoms with E-state index in [0.29, 0.717) is 23.8 Å². The number of nitrogens with zero attached hydrogens (tertiary/aromatic N) is 2. The maximum atomic E-state index is 11.9. The standard InChI is InChI=1S/C11H16N4O3S/c1-7-9(10(17)14-13-8(2)16)19-11(12-7)15-3-5-18-6-4-15/h3-6H2,1-2H3,(H,13,16)(H,14,17). The van der Waals surface area contributed by atoms with Crippen LogP contribution in [0.3, 0.4) is 0 Å². The van der Waals surface area contributed by atoms with Crippen LogP contribution in [0.15, 0.2) is 0 Å². The van der Waals surface area contributed by atoms with Crippen molar-refractivity contribution in [2.45, 2.75) is 13.8 Å². The molecule has 8 heteroatoms. The van der Waals surface area contributed by atoms with E-state index in [1.165, 1.54) is 18.3 Å². The highest BCUT2D eigenvalue weighted by atomic mass is 32.1. The normalized spacial score (nSPS) is 15.2. The van der Waals surface area contributed by atoms with Crippen molar-refractivity contribution in [3.8, 4) is 0 Å². The fraction of sp³-hybridized carbons (Fsp3) is 0.545. The van der Waals surface area contributed by atoms with E-state index in [9.17, 15) is 9.59 Å². The highest BCUT2D eigenvalue weighted by Crippen LogP contribution is 2.26. The number of rotatable bonds is 2. The molecule has 104 valence electrons. The number of amides is 2. The summed E-state index contributed by atoms with van der Waals surface area (Å²) in [5, 5.41) is 0.814. The van der Waals surface area contributed by atoms with Crippen LogP contribution >= 0.6 is 11.3 Å². The predicted octanol–water partition coefficient (Wildman–Crippen LogP) is 0.0690. The van der Waals surface area contributed by atoms with Crippen LogP contribution in [0.1, 0.15) is 22.3 Å².